The second kappa shape index (κ2) is 9.51. The molecule has 0 N–H and O–H groups in total. The molecule has 8 nitrogen and oxygen atoms in total. The molecule has 0 bridgehead atoms. The molecule has 0 amide bonds. The number of furan rings is 1. The lowest BCUT2D eigenvalue weighted by Crippen LogP contribution is -2.15. The van der Waals surface area contributed by atoms with Crippen LogP contribution in [0.2, 0.25) is 0 Å². The Hall–Kier alpha value is -4.93. The lowest BCUT2D eigenvalue weighted by Gasteiger charge is -2.13. The van der Waals surface area contributed by atoms with Crippen LogP contribution in [0.25, 0.3) is 21.9 Å². The van der Waals surface area contributed by atoms with Gasteiger partial charge in [-0.05, 0) is 48.5 Å². The van der Waals surface area contributed by atoms with E-state index in [9.17, 15) is 22.8 Å². The number of methoxy groups -OCH3 is 2. The summed E-state index contributed by atoms with van der Waals surface area (Å²) in [5, 5.41) is 0.370. The first kappa shape index (κ1) is 24.8. The Morgan fingerprint density at radius 2 is 1.55 bits per heavy atom. The molecule has 5 rings (SSSR count). The highest BCUT2D eigenvalue weighted by Crippen LogP contribution is 2.39. The average Bonchev–Trinajstić information content (AvgIpc) is 3.35. The molecule has 0 saturated carbocycles. The van der Waals surface area contributed by atoms with Gasteiger partial charge in [-0.15, -0.1) is 0 Å². The van der Waals surface area contributed by atoms with E-state index in [2.05, 4.69) is 0 Å². The fourth-order valence-electron chi connectivity index (χ4n) is 3.72. The number of hydrogen-bond donors (Lipinski definition) is 0. The maximum atomic E-state index is 13.8. The Morgan fingerprint density at radius 3 is 2.24 bits per heavy atom. The van der Waals surface area contributed by atoms with Crippen molar-refractivity contribution in [1.82, 2.24) is 0 Å². The van der Waals surface area contributed by atoms with Gasteiger partial charge in [0, 0.05) is 11.5 Å². The Balaban J connectivity index is 1.50. The highest BCUT2D eigenvalue weighted by atomic mass is 19.4. The minimum atomic E-state index is -5.06. The zero-order valence-corrected chi connectivity index (χ0v) is 19.8. The van der Waals surface area contributed by atoms with Gasteiger partial charge in [0.1, 0.15) is 22.8 Å². The van der Waals surface area contributed by atoms with Crippen LogP contribution in [-0.2, 0) is 6.18 Å². The van der Waals surface area contributed by atoms with Gasteiger partial charge in [0.05, 0.1) is 19.6 Å². The molecular formula is C27H17F3O8. The Morgan fingerprint density at radius 1 is 0.842 bits per heavy atom. The van der Waals surface area contributed by atoms with Gasteiger partial charge >= 0.3 is 12.1 Å². The number of alkyl halides is 3. The van der Waals surface area contributed by atoms with E-state index in [0.29, 0.717) is 22.5 Å². The molecule has 0 spiro atoms. The Kier molecular flexibility index (Phi) is 6.19. The fraction of sp³-hybridized carbons (Fsp3) is 0.111. The summed E-state index contributed by atoms with van der Waals surface area (Å²) in [5.41, 5.74) is -1.19. The second-order valence-corrected chi connectivity index (χ2v) is 7.90. The molecule has 2 aromatic heterocycles. The molecule has 194 valence electrons. The van der Waals surface area contributed by atoms with Crippen molar-refractivity contribution in [2.75, 3.05) is 14.2 Å². The van der Waals surface area contributed by atoms with Crippen molar-refractivity contribution in [2.24, 2.45) is 0 Å². The maximum Gasteiger partial charge on any atom is 0.453 e. The molecule has 0 atom stereocenters. The van der Waals surface area contributed by atoms with Crippen molar-refractivity contribution in [3.8, 4) is 28.7 Å². The predicted octanol–water partition coefficient (Wildman–Crippen LogP) is 6.59. The zero-order chi connectivity index (χ0) is 27.0. The Bertz CT molecular complexity index is 1720. The summed E-state index contributed by atoms with van der Waals surface area (Å²) >= 11 is 0. The molecule has 2 heterocycles. The zero-order valence-electron chi connectivity index (χ0n) is 19.8. The minimum absolute atomic E-state index is 0.0315. The first-order valence-electron chi connectivity index (χ1n) is 11.0. The van der Waals surface area contributed by atoms with Crippen molar-refractivity contribution in [2.45, 2.75) is 6.18 Å². The van der Waals surface area contributed by atoms with E-state index in [-0.39, 0.29) is 22.6 Å². The summed E-state index contributed by atoms with van der Waals surface area (Å²) < 4.78 is 72.8. The molecule has 5 aromatic rings. The molecule has 0 radical (unpaired) electrons. The molecule has 0 unspecified atom stereocenters. The molecule has 0 saturated heterocycles. The van der Waals surface area contributed by atoms with Crippen molar-refractivity contribution in [3.05, 3.63) is 88.5 Å². The quantitative estimate of drug-likeness (QED) is 0.181. The van der Waals surface area contributed by atoms with E-state index in [0.717, 1.165) is 6.07 Å². The number of fused-ring (bicyclic) bond motifs is 2. The number of para-hydroxylation sites is 1. The van der Waals surface area contributed by atoms with Crippen molar-refractivity contribution in [3.63, 3.8) is 0 Å². The SMILES string of the molecule is COc1ccc(Oc2c(C(F)(F)F)oc3cc(OC(=O)c4cc5cccc(OC)c5o4)ccc3c2=O)cc1. The van der Waals surface area contributed by atoms with Crippen LogP contribution in [0.4, 0.5) is 13.2 Å². The van der Waals surface area contributed by atoms with E-state index >= 15 is 0 Å². The maximum absolute atomic E-state index is 13.8. The fourth-order valence-corrected chi connectivity index (χ4v) is 3.72. The van der Waals surface area contributed by atoms with E-state index in [4.69, 9.17) is 27.8 Å². The van der Waals surface area contributed by atoms with Gasteiger partial charge in [-0.25, -0.2) is 4.79 Å². The number of halogens is 3. The first-order valence-corrected chi connectivity index (χ1v) is 11.0. The third-order valence-corrected chi connectivity index (χ3v) is 5.50. The molecule has 0 aliphatic heterocycles. The van der Waals surface area contributed by atoms with Crippen LogP contribution in [0.1, 0.15) is 16.3 Å². The number of ether oxygens (including phenoxy) is 4. The van der Waals surface area contributed by atoms with Gasteiger partial charge in [0.2, 0.25) is 16.9 Å². The molecule has 0 aliphatic carbocycles. The number of rotatable bonds is 6. The van der Waals surface area contributed by atoms with Crippen LogP contribution in [0.5, 0.6) is 28.7 Å². The summed E-state index contributed by atoms with van der Waals surface area (Å²) in [5.74, 6) is -3.10. The van der Waals surface area contributed by atoms with Crippen LogP contribution in [0.3, 0.4) is 0 Å². The monoisotopic (exact) mass is 526 g/mol. The molecule has 0 aliphatic rings. The van der Waals surface area contributed by atoms with Gasteiger partial charge in [0.25, 0.3) is 5.76 Å². The van der Waals surface area contributed by atoms with Crippen LogP contribution in [0, 0.1) is 0 Å². The third-order valence-electron chi connectivity index (χ3n) is 5.50. The minimum Gasteiger partial charge on any atom is -0.497 e. The third kappa shape index (κ3) is 4.61. The smallest absolute Gasteiger partial charge is 0.453 e. The summed E-state index contributed by atoms with van der Waals surface area (Å²) in [4.78, 5) is 25.7. The molecular weight excluding hydrogens is 509 g/mol. The van der Waals surface area contributed by atoms with Crippen molar-refractivity contribution >= 4 is 27.9 Å². The highest BCUT2D eigenvalue weighted by Gasteiger charge is 2.40. The summed E-state index contributed by atoms with van der Waals surface area (Å²) in [6.45, 7) is 0. The normalized spacial score (nSPS) is 11.5. The van der Waals surface area contributed by atoms with E-state index in [1.807, 2.05) is 0 Å². The number of esters is 1. The topological polar surface area (TPSA) is 97.3 Å². The van der Waals surface area contributed by atoms with Gasteiger partial charge < -0.3 is 27.8 Å². The van der Waals surface area contributed by atoms with Crippen LogP contribution in [0.15, 0.2) is 80.4 Å². The summed E-state index contributed by atoms with van der Waals surface area (Å²) in [6.07, 6.45) is -5.06. The van der Waals surface area contributed by atoms with Crippen LogP contribution in [-0.4, -0.2) is 20.2 Å². The van der Waals surface area contributed by atoms with Gasteiger partial charge in [0.15, 0.2) is 11.3 Å². The van der Waals surface area contributed by atoms with Crippen LogP contribution >= 0.6 is 0 Å². The molecule has 3 aromatic carbocycles. The largest absolute Gasteiger partial charge is 0.497 e. The summed E-state index contributed by atoms with van der Waals surface area (Å²) in [6, 6.07) is 15.5. The predicted molar refractivity (Wildman–Crippen MR) is 128 cm³/mol. The van der Waals surface area contributed by atoms with E-state index < -0.39 is 34.7 Å². The van der Waals surface area contributed by atoms with Gasteiger partial charge in [-0.3, -0.25) is 4.79 Å². The molecule has 11 heteroatoms. The van der Waals surface area contributed by atoms with Gasteiger partial charge in [-0.2, -0.15) is 13.2 Å². The van der Waals surface area contributed by atoms with E-state index in [1.165, 1.54) is 56.7 Å². The lowest BCUT2D eigenvalue weighted by atomic mass is 10.2. The van der Waals surface area contributed by atoms with Crippen LogP contribution < -0.4 is 24.4 Å². The second-order valence-electron chi connectivity index (χ2n) is 7.90. The summed E-state index contributed by atoms with van der Waals surface area (Å²) in [7, 11) is 2.87. The number of carbonyl (C=O) groups is 1. The average molecular weight is 526 g/mol. The number of hydrogen-bond acceptors (Lipinski definition) is 8. The number of benzene rings is 3. The van der Waals surface area contributed by atoms with Gasteiger partial charge in [-0.1, -0.05) is 12.1 Å². The lowest BCUT2D eigenvalue weighted by molar-refractivity contribution is -0.154. The van der Waals surface area contributed by atoms with Crippen molar-refractivity contribution < 1.29 is 45.7 Å². The van der Waals surface area contributed by atoms with E-state index in [1.54, 1.807) is 18.2 Å². The number of carbonyl (C=O) groups excluding carboxylic acids is 1. The molecule has 38 heavy (non-hydrogen) atoms. The standard InChI is InChI=1S/C27H17F3O8/c1-33-15-6-8-16(9-7-15)35-24-22(31)18-11-10-17(13-20(18)38-25(24)27(28,29)30)36-26(32)21-12-14-4-3-5-19(34-2)23(14)37-21/h3-13H,1-2H3. The Labute approximate surface area is 211 Å². The first-order chi connectivity index (χ1) is 18.2. The molecule has 0 fully saturated rings. The van der Waals surface area contributed by atoms with Crippen molar-refractivity contribution in [1.29, 1.82) is 0 Å². The highest BCUT2D eigenvalue weighted by molar-refractivity contribution is 5.95.